The van der Waals surface area contributed by atoms with Crippen LogP contribution in [0.15, 0.2) is 17.6 Å². The number of nitrogens with zero attached hydrogens (tertiary/aromatic N) is 3. The summed E-state index contributed by atoms with van der Waals surface area (Å²) >= 11 is 1.85. The van der Waals surface area contributed by atoms with Gasteiger partial charge in [-0.2, -0.15) is 0 Å². The number of rotatable bonds is 5. The number of nitrogens with one attached hydrogen (secondary N) is 1. The smallest absolute Gasteiger partial charge is 0.251 e. The number of amides is 2. The summed E-state index contributed by atoms with van der Waals surface area (Å²) in [7, 11) is 2.03. The van der Waals surface area contributed by atoms with Crippen LogP contribution in [0.4, 0.5) is 0 Å². The second kappa shape index (κ2) is 9.51. The Morgan fingerprint density at radius 1 is 1.14 bits per heavy atom. The number of imidazole rings is 1. The molecule has 1 unspecified atom stereocenters. The van der Waals surface area contributed by atoms with Crippen LogP contribution < -0.4 is 5.32 Å². The van der Waals surface area contributed by atoms with E-state index >= 15 is 0 Å². The Kier molecular flexibility index (Phi) is 6.80. The Labute approximate surface area is 176 Å². The molecule has 1 N–H and O–H groups in total. The minimum atomic E-state index is -0.251. The van der Waals surface area contributed by atoms with E-state index in [1.54, 1.807) is 0 Å². The van der Waals surface area contributed by atoms with Crippen LogP contribution in [0.25, 0.3) is 0 Å². The lowest BCUT2D eigenvalue weighted by molar-refractivity contribution is -0.143. The molecule has 160 valence electrons. The number of carbonyl (C=O) groups is 2. The second-order valence-electron chi connectivity index (χ2n) is 8.52. The zero-order valence-corrected chi connectivity index (χ0v) is 18.0. The van der Waals surface area contributed by atoms with Crippen molar-refractivity contribution in [1.82, 2.24) is 19.8 Å². The lowest BCUT2D eigenvalue weighted by Gasteiger charge is -2.34. The highest BCUT2D eigenvalue weighted by Crippen LogP contribution is 2.33. The van der Waals surface area contributed by atoms with Crippen molar-refractivity contribution >= 4 is 23.6 Å². The van der Waals surface area contributed by atoms with Crippen molar-refractivity contribution in [1.29, 1.82) is 0 Å². The van der Waals surface area contributed by atoms with Gasteiger partial charge in [-0.3, -0.25) is 9.59 Å². The van der Waals surface area contributed by atoms with Crippen molar-refractivity contribution in [2.24, 2.45) is 13.0 Å². The molecule has 0 spiro atoms. The zero-order valence-electron chi connectivity index (χ0n) is 17.2. The maximum Gasteiger partial charge on any atom is 0.251 e. The third kappa shape index (κ3) is 5.15. The van der Waals surface area contributed by atoms with Crippen molar-refractivity contribution in [3.8, 4) is 0 Å². The number of piperidine rings is 1. The maximum absolute atomic E-state index is 12.7. The van der Waals surface area contributed by atoms with E-state index in [0.717, 1.165) is 56.5 Å². The molecule has 3 heterocycles. The first kappa shape index (κ1) is 20.7. The van der Waals surface area contributed by atoms with Gasteiger partial charge in [0.05, 0.1) is 0 Å². The molecule has 3 aliphatic rings. The first-order chi connectivity index (χ1) is 14.1. The fourth-order valence-corrected chi connectivity index (χ4v) is 5.75. The number of thioether (sulfide) groups is 1. The van der Waals surface area contributed by atoms with Crippen LogP contribution in [0.1, 0.15) is 51.4 Å². The van der Waals surface area contributed by atoms with E-state index in [4.69, 9.17) is 4.74 Å². The Bertz CT molecular complexity index is 703. The molecule has 4 rings (SSSR count). The number of hydrogen-bond donors (Lipinski definition) is 1. The Morgan fingerprint density at radius 3 is 2.52 bits per heavy atom. The molecule has 29 heavy (non-hydrogen) atoms. The van der Waals surface area contributed by atoms with Gasteiger partial charge < -0.3 is 19.5 Å². The molecule has 1 aromatic rings. The van der Waals surface area contributed by atoms with E-state index in [0.29, 0.717) is 24.9 Å². The number of aromatic nitrogens is 2. The van der Waals surface area contributed by atoms with Gasteiger partial charge in [0, 0.05) is 56.3 Å². The molecule has 3 fully saturated rings. The standard InChI is InChI=1S/C21H32N4O3S/c1-24-13-10-22-21(24)29-17-6-4-16(5-7-17)23-19(26)15-8-11-25(12-9-15)20(27)18-3-2-14-28-18/h10,13,15-18H,2-9,11-12,14H2,1H3,(H,23,26). The molecular weight excluding hydrogens is 388 g/mol. The number of likely N-dealkylation sites (tertiary alicyclic amines) is 1. The monoisotopic (exact) mass is 420 g/mol. The van der Waals surface area contributed by atoms with Crippen LogP contribution >= 0.6 is 11.8 Å². The highest BCUT2D eigenvalue weighted by atomic mass is 32.2. The average molecular weight is 421 g/mol. The molecule has 0 bridgehead atoms. The van der Waals surface area contributed by atoms with Crippen molar-refractivity contribution in [3.63, 3.8) is 0 Å². The minimum absolute atomic E-state index is 0.0308. The minimum Gasteiger partial charge on any atom is -0.368 e. The van der Waals surface area contributed by atoms with Gasteiger partial charge in [0.1, 0.15) is 6.10 Å². The molecular formula is C21H32N4O3S. The van der Waals surface area contributed by atoms with Crippen molar-refractivity contribution in [2.45, 2.75) is 73.9 Å². The van der Waals surface area contributed by atoms with E-state index in [9.17, 15) is 9.59 Å². The summed E-state index contributed by atoms with van der Waals surface area (Å²) in [6.07, 6.45) is 11.2. The van der Waals surface area contributed by atoms with Crippen LogP contribution in [0, 0.1) is 5.92 Å². The highest BCUT2D eigenvalue weighted by molar-refractivity contribution is 7.99. The summed E-state index contributed by atoms with van der Waals surface area (Å²) in [5, 5.41) is 4.93. The Hall–Kier alpha value is -1.54. The lowest BCUT2D eigenvalue weighted by Crippen LogP contribution is -2.48. The number of carbonyl (C=O) groups excluding carboxylic acids is 2. The molecule has 1 atom stereocenters. The highest BCUT2D eigenvalue weighted by Gasteiger charge is 2.33. The van der Waals surface area contributed by atoms with Crippen LogP contribution in [0.3, 0.4) is 0 Å². The van der Waals surface area contributed by atoms with Crippen LogP contribution in [0.5, 0.6) is 0 Å². The van der Waals surface area contributed by atoms with Gasteiger partial charge in [-0.25, -0.2) is 4.98 Å². The second-order valence-corrected chi connectivity index (χ2v) is 9.79. The average Bonchev–Trinajstić information content (AvgIpc) is 3.41. The van der Waals surface area contributed by atoms with Gasteiger partial charge in [0.25, 0.3) is 5.91 Å². The summed E-state index contributed by atoms with van der Waals surface area (Å²) in [4.78, 5) is 31.5. The topological polar surface area (TPSA) is 76.5 Å². The molecule has 1 aromatic heterocycles. The van der Waals surface area contributed by atoms with E-state index in [2.05, 4.69) is 14.9 Å². The van der Waals surface area contributed by atoms with Gasteiger partial charge in [0.2, 0.25) is 5.91 Å². The molecule has 1 aliphatic carbocycles. The van der Waals surface area contributed by atoms with Crippen LogP contribution in [-0.2, 0) is 21.4 Å². The summed E-state index contributed by atoms with van der Waals surface area (Å²) < 4.78 is 7.58. The molecule has 2 amide bonds. The number of hydrogen-bond acceptors (Lipinski definition) is 5. The SMILES string of the molecule is Cn1ccnc1SC1CCC(NC(=O)C2CCN(C(=O)C3CCCO3)CC2)CC1. The molecule has 0 radical (unpaired) electrons. The van der Waals surface area contributed by atoms with Crippen LogP contribution in [-0.4, -0.2) is 63.4 Å². The summed E-state index contributed by atoms with van der Waals surface area (Å²) in [6.45, 7) is 2.03. The van der Waals surface area contributed by atoms with Crippen LogP contribution in [0.2, 0.25) is 0 Å². The van der Waals surface area contributed by atoms with Crippen molar-refractivity contribution in [3.05, 3.63) is 12.4 Å². The molecule has 7 nitrogen and oxygen atoms in total. The first-order valence-corrected chi connectivity index (χ1v) is 11.8. The molecule has 2 saturated heterocycles. The summed E-state index contributed by atoms with van der Waals surface area (Å²) in [5.74, 6) is 0.322. The maximum atomic E-state index is 12.7. The third-order valence-electron chi connectivity index (χ3n) is 6.45. The van der Waals surface area contributed by atoms with E-state index < -0.39 is 0 Å². The van der Waals surface area contributed by atoms with E-state index in [1.165, 1.54) is 0 Å². The molecule has 0 aromatic carbocycles. The van der Waals surface area contributed by atoms with Gasteiger partial charge in [-0.1, -0.05) is 11.8 Å². The molecule has 2 aliphatic heterocycles. The normalized spacial score (nSPS) is 28.4. The number of aryl methyl sites for hydroxylation is 1. The molecule has 1 saturated carbocycles. The van der Waals surface area contributed by atoms with Gasteiger partial charge >= 0.3 is 0 Å². The van der Waals surface area contributed by atoms with Crippen molar-refractivity contribution in [2.75, 3.05) is 19.7 Å². The lowest BCUT2D eigenvalue weighted by atomic mass is 9.92. The number of ether oxygens (including phenoxy) is 1. The van der Waals surface area contributed by atoms with E-state index in [-0.39, 0.29) is 29.9 Å². The summed E-state index contributed by atoms with van der Waals surface area (Å²) in [5.41, 5.74) is 0. The quantitative estimate of drug-likeness (QED) is 0.791. The zero-order chi connectivity index (χ0) is 20.2. The predicted octanol–water partition coefficient (Wildman–Crippen LogP) is 2.36. The Balaban J connectivity index is 1.17. The largest absolute Gasteiger partial charge is 0.368 e. The Morgan fingerprint density at radius 2 is 1.90 bits per heavy atom. The van der Waals surface area contributed by atoms with Gasteiger partial charge in [-0.05, 0) is 51.4 Å². The van der Waals surface area contributed by atoms with E-state index in [1.807, 2.05) is 36.1 Å². The third-order valence-corrected chi connectivity index (χ3v) is 7.86. The first-order valence-electron chi connectivity index (χ1n) is 10.9. The summed E-state index contributed by atoms with van der Waals surface area (Å²) in [6, 6.07) is 0.285. The van der Waals surface area contributed by atoms with Gasteiger partial charge in [-0.15, -0.1) is 0 Å². The van der Waals surface area contributed by atoms with Crippen molar-refractivity contribution < 1.29 is 14.3 Å². The predicted molar refractivity (Wildman–Crippen MR) is 112 cm³/mol. The fourth-order valence-electron chi connectivity index (χ4n) is 4.60. The van der Waals surface area contributed by atoms with Gasteiger partial charge in [0.15, 0.2) is 5.16 Å². The fraction of sp³-hybridized carbons (Fsp3) is 0.762. The molecule has 8 heteroatoms.